The van der Waals surface area contributed by atoms with Crippen LogP contribution in [0.5, 0.6) is 0 Å². The zero-order valence-electron chi connectivity index (χ0n) is 17.4. The fraction of sp³-hybridized carbons (Fsp3) is 0.304. The molecule has 0 spiro atoms. The third-order valence-electron chi connectivity index (χ3n) is 5.34. The highest BCUT2D eigenvalue weighted by molar-refractivity contribution is 6.31. The molecule has 0 aromatic heterocycles. The van der Waals surface area contributed by atoms with Gasteiger partial charge in [0.25, 0.3) is 5.91 Å². The van der Waals surface area contributed by atoms with Crippen LogP contribution in [-0.4, -0.2) is 37.0 Å². The molecule has 30 heavy (non-hydrogen) atoms. The molecule has 2 aromatic carbocycles. The van der Waals surface area contributed by atoms with Gasteiger partial charge in [-0.3, -0.25) is 4.79 Å². The molecule has 2 aromatic rings. The first kappa shape index (κ1) is 23.6. The van der Waals surface area contributed by atoms with Gasteiger partial charge in [-0.25, -0.2) is 0 Å². The summed E-state index contributed by atoms with van der Waals surface area (Å²) >= 11 is 6.11. The Morgan fingerprint density at radius 1 is 1.10 bits per heavy atom. The highest BCUT2D eigenvalue weighted by atomic mass is 35.5. The third kappa shape index (κ3) is 5.47. The number of piperazine rings is 1. The van der Waals surface area contributed by atoms with Crippen LogP contribution in [0.1, 0.15) is 16.7 Å². The molecule has 0 bridgehead atoms. The van der Waals surface area contributed by atoms with Crippen LogP contribution in [0.3, 0.4) is 0 Å². The summed E-state index contributed by atoms with van der Waals surface area (Å²) in [5, 5.41) is 12.8. The molecule has 1 saturated heterocycles. The lowest BCUT2D eigenvalue weighted by Gasteiger charge is -2.36. The lowest BCUT2D eigenvalue weighted by atomic mass is 10.1. The molecule has 0 radical (unpaired) electrons. The van der Waals surface area contributed by atoms with Crippen LogP contribution in [0.15, 0.2) is 48.2 Å². The summed E-state index contributed by atoms with van der Waals surface area (Å²) in [7, 11) is 0. The van der Waals surface area contributed by atoms with Crippen molar-refractivity contribution in [2.24, 2.45) is 0 Å². The monoisotopic (exact) mass is 444 g/mol. The third-order valence-corrected chi connectivity index (χ3v) is 5.74. The van der Waals surface area contributed by atoms with Gasteiger partial charge in [0.05, 0.1) is 0 Å². The largest absolute Gasteiger partial charge is 0.373 e. The van der Waals surface area contributed by atoms with Crippen LogP contribution >= 0.6 is 24.0 Å². The minimum absolute atomic E-state index is 0. The maximum Gasteiger partial charge on any atom is 0.267 e. The fourth-order valence-electron chi connectivity index (χ4n) is 3.36. The smallest absolute Gasteiger partial charge is 0.267 e. The van der Waals surface area contributed by atoms with Crippen molar-refractivity contribution in [2.75, 3.05) is 36.4 Å². The normalized spacial score (nSPS) is 14.0. The van der Waals surface area contributed by atoms with E-state index in [1.807, 2.05) is 24.0 Å². The molecule has 0 aliphatic carbocycles. The number of benzene rings is 2. The zero-order valence-corrected chi connectivity index (χ0v) is 19.0. The summed E-state index contributed by atoms with van der Waals surface area (Å²) in [6.07, 6.45) is 1.66. The van der Waals surface area contributed by atoms with Gasteiger partial charge in [-0.15, -0.1) is 12.4 Å². The van der Waals surface area contributed by atoms with Crippen LogP contribution in [0, 0.1) is 32.1 Å². The number of aryl methyl sites for hydroxylation is 2. The van der Waals surface area contributed by atoms with E-state index in [1.165, 1.54) is 16.8 Å². The second-order valence-electron chi connectivity index (χ2n) is 7.31. The molecule has 0 unspecified atom stereocenters. The van der Waals surface area contributed by atoms with E-state index in [1.54, 1.807) is 18.3 Å². The maximum absolute atomic E-state index is 12.5. The Morgan fingerprint density at radius 2 is 1.80 bits per heavy atom. The molecule has 1 heterocycles. The molecule has 3 rings (SSSR count). The van der Waals surface area contributed by atoms with E-state index in [4.69, 9.17) is 11.6 Å². The number of nitrogens with one attached hydrogen (secondary N) is 1. The molecule has 1 aliphatic heterocycles. The highest BCUT2D eigenvalue weighted by Crippen LogP contribution is 2.24. The summed E-state index contributed by atoms with van der Waals surface area (Å²) in [6.45, 7) is 9.35. The van der Waals surface area contributed by atoms with Gasteiger partial charge in [-0.2, -0.15) is 5.26 Å². The molecular formula is C23H26Cl2N4O. The molecule has 158 valence electrons. The Hall–Kier alpha value is -2.68. The highest BCUT2D eigenvalue weighted by Gasteiger charge is 2.19. The van der Waals surface area contributed by atoms with Crippen LogP contribution in [0.2, 0.25) is 5.02 Å². The summed E-state index contributed by atoms with van der Waals surface area (Å²) in [4.78, 5) is 16.9. The van der Waals surface area contributed by atoms with E-state index in [9.17, 15) is 10.1 Å². The zero-order chi connectivity index (χ0) is 21.0. The Morgan fingerprint density at radius 3 is 2.43 bits per heavy atom. The van der Waals surface area contributed by atoms with Gasteiger partial charge in [0.2, 0.25) is 0 Å². The van der Waals surface area contributed by atoms with E-state index in [0.717, 1.165) is 31.7 Å². The second kappa shape index (κ2) is 10.4. The van der Waals surface area contributed by atoms with Crippen molar-refractivity contribution in [2.45, 2.75) is 20.8 Å². The van der Waals surface area contributed by atoms with Gasteiger partial charge in [0, 0.05) is 48.8 Å². The topological polar surface area (TPSA) is 59.4 Å². The average molecular weight is 445 g/mol. The molecule has 1 aliphatic rings. The van der Waals surface area contributed by atoms with Crippen molar-refractivity contribution >= 4 is 41.3 Å². The summed E-state index contributed by atoms with van der Waals surface area (Å²) in [5.41, 5.74) is 5.42. The molecular weight excluding hydrogens is 419 g/mol. The van der Waals surface area contributed by atoms with E-state index < -0.39 is 5.91 Å². The van der Waals surface area contributed by atoms with E-state index in [-0.39, 0.29) is 18.0 Å². The van der Waals surface area contributed by atoms with Crippen LogP contribution in [0.4, 0.5) is 11.4 Å². The van der Waals surface area contributed by atoms with Crippen molar-refractivity contribution in [1.82, 2.24) is 4.90 Å². The average Bonchev–Trinajstić information content (AvgIpc) is 2.71. The Labute approximate surface area is 189 Å². The van der Waals surface area contributed by atoms with Gasteiger partial charge in [-0.05, 0) is 55.7 Å². The summed E-state index contributed by atoms with van der Waals surface area (Å²) in [6, 6.07) is 13.7. The van der Waals surface area contributed by atoms with Gasteiger partial charge >= 0.3 is 0 Å². The van der Waals surface area contributed by atoms with E-state index >= 15 is 0 Å². The van der Waals surface area contributed by atoms with Crippen molar-refractivity contribution in [3.05, 3.63) is 69.9 Å². The van der Waals surface area contributed by atoms with Crippen LogP contribution < -0.4 is 10.2 Å². The Kier molecular flexibility index (Phi) is 8.16. The number of nitrogens with zero attached hydrogens (tertiary/aromatic N) is 3. The predicted molar refractivity (Wildman–Crippen MR) is 125 cm³/mol. The lowest BCUT2D eigenvalue weighted by Crippen LogP contribution is -2.44. The number of carbonyl (C=O) groups is 1. The van der Waals surface area contributed by atoms with Gasteiger partial charge in [0.1, 0.15) is 11.6 Å². The van der Waals surface area contributed by atoms with Crippen molar-refractivity contribution < 1.29 is 4.79 Å². The summed E-state index contributed by atoms with van der Waals surface area (Å²) in [5.74, 6) is -0.427. The van der Waals surface area contributed by atoms with E-state index in [2.05, 4.69) is 42.3 Å². The molecule has 7 heteroatoms. The van der Waals surface area contributed by atoms with E-state index in [0.29, 0.717) is 10.7 Å². The molecule has 1 N–H and O–H groups in total. The van der Waals surface area contributed by atoms with Gasteiger partial charge < -0.3 is 15.1 Å². The minimum Gasteiger partial charge on any atom is -0.373 e. The number of nitriles is 1. The number of hydrogen-bond acceptors (Lipinski definition) is 4. The predicted octanol–water partition coefficient (Wildman–Crippen LogP) is 4.86. The standard InChI is InChI=1S/C23H25ClN4O.ClH/c1-16-5-4-6-22(18(16)3)28-11-9-27(10-12-28)15-19(14-25)23(29)26-20-8-7-17(2)21(24)13-20;/h4-8,13,15H,9-12H2,1-3H3,(H,26,29);1H/b19-15-;. The quantitative estimate of drug-likeness (QED) is 0.540. The Bertz CT molecular complexity index is 989. The first-order valence-electron chi connectivity index (χ1n) is 9.63. The van der Waals surface area contributed by atoms with Crippen molar-refractivity contribution in [1.29, 1.82) is 5.26 Å². The number of hydrogen-bond donors (Lipinski definition) is 1. The molecule has 5 nitrogen and oxygen atoms in total. The lowest BCUT2D eigenvalue weighted by molar-refractivity contribution is -0.112. The first-order valence-corrected chi connectivity index (χ1v) is 10.0. The fourth-order valence-corrected chi connectivity index (χ4v) is 3.54. The minimum atomic E-state index is -0.427. The maximum atomic E-state index is 12.5. The molecule has 1 fully saturated rings. The number of amides is 1. The Balaban J connectivity index is 0.00000320. The van der Waals surface area contributed by atoms with Gasteiger partial charge in [0.15, 0.2) is 0 Å². The molecule has 0 atom stereocenters. The van der Waals surface area contributed by atoms with Crippen molar-refractivity contribution in [3.63, 3.8) is 0 Å². The number of anilines is 2. The molecule has 0 saturated carbocycles. The number of halogens is 2. The van der Waals surface area contributed by atoms with Crippen LogP contribution in [0.25, 0.3) is 0 Å². The summed E-state index contributed by atoms with van der Waals surface area (Å²) < 4.78 is 0. The molecule has 1 amide bonds. The first-order chi connectivity index (χ1) is 13.9. The number of rotatable bonds is 4. The van der Waals surface area contributed by atoms with Gasteiger partial charge in [-0.1, -0.05) is 29.8 Å². The SMILES string of the molecule is Cc1ccc(NC(=O)/C(C#N)=C\N2CCN(c3cccc(C)c3C)CC2)cc1Cl.Cl. The number of carbonyl (C=O) groups excluding carboxylic acids is 1. The van der Waals surface area contributed by atoms with Crippen LogP contribution in [-0.2, 0) is 4.79 Å². The second-order valence-corrected chi connectivity index (χ2v) is 7.72. The van der Waals surface area contributed by atoms with Crippen molar-refractivity contribution in [3.8, 4) is 6.07 Å².